The molecule has 1 heterocycles. The zero-order chi connectivity index (χ0) is 13.0. The van der Waals surface area contributed by atoms with Crippen LogP contribution < -0.4 is 5.32 Å². The van der Waals surface area contributed by atoms with Gasteiger partial charge in [0.15, 0.2) is 0 Å². The van der Waals surface area contributed by atoms with Crippen LogP contribution >= 0.6 is 0 Å². The highest BCUT2D eigenvalue weighted by Crippen LogP contribution is 2.16. The smallest absolute Gasteiger partial charge is 0.0694 e. The standard InChI is InChI=1S/C13H26N4/c1-10(2)13-12(9-17(6)15-13)7-14-11(3)8-16(4)5/h9-11,14H,7-8H2,1-6H3. The van der Waals surface area contributed by atoms with E-state index in [1.807, 2.05) is 11.7 Å². The highest BCUT2D eigenvalue weighted by atomic mass is 15.3. The molecule has 4 heteroatoms. The van der Waals surface area contributed by atoms with E-state index in [0.717, 1.165) is 13.1 Å². The number of rotatable bonds is 6. The number of aromatic nitrogens is 2. The van der Waals surface area contributed by atoms with Gasteiger partial charge in [0.25, 0.3) is 0 Å². The van der Waals surface area contributed by atoms with Crippen molar-refractivity contribution in [3.8, 4) is 0 Å². The summed E-state index contributed by atoms with van der Waals surface area (Å²) in [6.07, 6.45) is 2.12. The van der Waals surface area contributed by atoms with E-state index in [4.69, 9.17) is 0 Å². The molecule has 1 atom stereocenters. The highest BCUT2D eigenvalue weighted by Gasteiger charge is 2.12. The lowest BCUT2D eigenvalue weighted by Gasteiger charge is -2.18. The largest absolute Gasteiger partial charge is 0.309 e. The van der Waals surface area contributed by atoms with E-state index >= 15 is 0 Å². The number of hydrogen-bond acceptors (Lipinski definition) is 3. The number of nitrogens with one attached hydrogen (secondary N) is 1. The third-order valence-electron chi connectivity index (χ3n) is 2.76. The number of aryl methyl sites for hydroxylation is 1. The van der Waals surface area contributed by atoms with Gasteiger partial charge < -0.3 is 10.2 Å². The van der Waals surface area contributed by atoms with Crippen molar-refractivity contribution in [1.29, 1.82) is 0 Å². The van der Waals surface area contributed by atoms with E-state index in [0.29, 0.717) is 12.0 Å². The Bertz CT molecular complexity index is 341. The van der Waals surface area contributed by atoms with Gasteiger partial charge in [0.2, 0.25) is 0 Å². The topological polar surface area (TPSA) is 33.1 Å². The fourth-order valence-corrected chi connectivity index (χ4v) is 2.07. The van der Waals surface area contributed by atoms with E-state index in [9.17, 15) is 0 Å². The lowest BCUT2D eigenvalue weighted by atomic mass is 10.1. The summed E-state index contributed by atoms with van der Waals surface area (Å²) in [6, 6.07) is 0.491. The van der Waals surface area contributed by atoms with Crippen molar-refractivity contribution in [2.45, 2.75) is 39.3 Å². The van der Waals surface area contributed by atoms with Gasteiger partial charge in [0.1, 0.15) is 0 Å². The molecule has 1 N–H and O–H groups in total. The Morgan fingerprint density at radius 1 is 1.35 bits per heavy atom. The summed E-state index contributed by atoms with van der Waals surface area (Å²) in [5.74, 6) is 0.483. The monoisotopic (exact) mass is 238 g/mol. The molecule has 0 aromatic carbocycles. The van der Waals surface area contributed by atoms with Crippen LogP contribution in [0.15, 0.2) is 6.20 Å². The summed E-state index contributed by atoms with van der Waals surface area (Å²) in [5, 5.41) is 8.06. The van der Waals surface area contributed by atoms with Gasteiger partial charge in [-0.05, 0) is 26.9 Å². The van der Waals surface area contributed by atoms with E-state index in [1.54, 1.807) is 0 Å². The Hall–Kier alpha value is -0.870. The Morgan fingerprint density at radius 3 is 2.53 bits per heavy atom. The second-order valence-corrected chi connectivity index (χ2v) is 5.41. The Balaban J connectivity index is 2.56. The predicted molar refractivity (Wildman–Crippen MR) is 72.2 cm³/mol. The van der Waals surface area contributed by atoms with E-state index < -0.39 is 0 Å². The van der Waals surface area contributed by atoms with Gasteiger partial charge >= 0.3 is 0 Å². The van der Waals surface area contributed by atoms with Crippen molar-refractivity contribution in [1.82, 2.24) is 20.0 Å². The molecule has 4 nitrogen and oxygen atoms in total. The first-order chi connectivity index (χ1) is 7.90. The Morgan fingerprint density at radius 2 is 2.00 bits per heavy atom. The molecule has 0 fully saturated rings. The van der Waals surface area contributed by atoms with E-state index in [1.165, 1.54) is 11.3 Å². The SMILES string of the molecule is CC(CN(C)C)NCc1cn(C)nc1C(C)C. The molecule has 0 aliphatic rings. The Labute approximate surface area is 105 Å². The molecule has 0 radical (unpaired) electrons. The molecule has 0 amide bonds. The van der Waals surface area contributed by atoms with Crippen LogP contribution in [-0.2, 0) is 13.6 Å². The molecular weight excluding hydrogens is 212 g/mol. The lowest BCUT2D eigenvalue weighted by molar-refractivity contribution is 0.349. The molecular formula is C13H26N4. The fraction of sp³-hybridized carbons (Fsp3) is 0.769. The molecule has 0 aliphatic heterocycles. The van der Waals surface area contributed by atoms with E-state index in [-0.39, 0.29) is 0 Å². The summed E-state index contributed by atoms with van der Waals surface area (Å²) in [7, 11) is 6.18. The molecule has 1 aromatic heterocycles. The molecule has 0 bridgehead atoms. The minimum absolute atomic E-state index is 0.483. The van der Waals surface area contributed by atoms with Crippen LogP contribution in [0, 0.1) is 0 Å². The normalized spacial score (nSPS) is 13.6. The molecule has 98 valence electrons. The quantitative estimate of drug-likeness (QED) is 0.817. The maximum absolute atomic E-state index is 4.52. The Kier molecular flexibility index (Phi) is 5.15. The first-order valence-corrected chi connectivity index (χ1v) is 6.30. The maximum Gasteiger partial charge on any atom is 0.0694 e. The predicted octanol–water partition coefficient (Wildman–Crippen LogP) is 1.58. The third kappa shape index (κ3) is 4.48. The molecule has 1 unspecified atom stereocenters. The number of nitrogens with zero attached hydrogens (tertiary/aromatic N) is 3. The maximum atomic E-state index is 4.52. The molecule has 1 aromatic rings. The minimum Gasteiger partial charge on any atom is -0.309 e. The van der Waals surface area contributed by atoms with Crippen molar-refractivity contribution in [2.75, 3.05) is 20.6 Å². The molecule has 0 saturated carbocycles. The van der Waals surface area contributed by atoms with Crippen molar-refractivity contribution >= 4 is 0 Å². The number of likely N-dealkylation sites (N-methyl/N-ethyl adjacent to an activating group) is 1. The van der Waals surface area contributed by atoms with Crippen LogP contribution in [0.3, 0.4) is 0 Å². The first-order valence-electron chi connectivity index (χ1n) is 6.30. The van der Waals surface area contributed by atoms with Crippen LogP contribution in [0.2, 0.25) is 0 Å². The summed E-state index contributed by atoms with van der Waals surface area (Å²) in [6.45, 7) is 8.54. The number of hydrogen-bond donors (Lipinski definition) is 1. The van der Waals surface area contributed by atoms with Crippen LogP contribution in [-0.4, -0.2) is 41.4 Å². The molecule has 0 spiro atoms. The lowest BCUT2D eigenvalue weighted by Crippen LogP contribution is -2.35. The molecule has 1 rings (SSSR count). The second-order valence-electron chi connectivity index (χ2n) is 5.41. The van der Waals surface area contributed by atoms with Gasteiger partial charge in [-0.1, -0.05) is 13.8 Å². The fourth-order valence-electron chi connectivity index (χ4n) is 2.07. The van der Waals surface area contributed by atoms with Gasteiger partial charge in [0, 0.05) is 37.9 Å². The van der Waals surface area contributed by atoms with Gasteiger partial charge in [-0.3, -0.25) is 4.68 Å². The van der Waals surface area contributed by atoms with Crippen LogP contribution in [0.25, 0.3) is 0 Å². The van der Waals surface area contributed by atoms with Gasteiger partial charge in [0.05, 0.1) is 5.69 Å². The summed E-state index contributed by atoms with van der Waals surface area (Å²) >= 11 is 0. The van der Waals surface area contributed by atoms with Crippen molar-refractivity contribution in [3.63, 3.8) is 0 Å². The van der Waals surface area contributed by atoms with Crippen molar-refractivity contribution < 1.29 is 0 Å². The zero-order valence-electron chi connectivity index (χ0n) is 12.0. The summed E-state index contributed by atoms with van der Waals surface area (Å²) in [5.41, 5.74) is 2.52. The van der Waals surface area contributed by atoms with Crippen molar-refractivity contribution in [3.05, 3.63) is 17.5 Å². The molecule has 17 heavy (non-hydrogen) atoms. The average Bonchev–Trinajstić information content (AvgIpc) is 2.55. The summed E-state index contributed by atoms with van der Waals surface area (Å²) in [4.78, 5) is 2.20. The van der Waals surface area contributed by atoms with Crippen molar-refractivity contribution in [2.24, 2.45) is 7.05 Å². The van der Waals surface area contributed by atoms with Crippen LogP contribution in [0.4, 0.5) is 0 Å². The minimum atomic E-state index is 0.483. The van der Waals surface area contributed by atoms with Crippen LogP contribution in [0.5, 0.6) is 0 Å². The van der Waals surface area contributed by atoms with Gasteiger partial charge in [-0.2, -0.15) is 5.10 Å². The highest BCUT2D eigenvalue weighted by molar-refractivity contribution is 5.20. The molecule has 0 saturated heterocycles. The van der Waals surface area contributed by atoms with Gasteiger partial charge in [-0.15, -0.1) is 0 Å². The average molecular weight is 238 g/mol. The van der Waals surface area contributed by atoms with Gasteiger partial charge in [-0.25, -0.2) is 0 Å². The molecule has 0 aliphatic carbocycles. The third-order valence-corrected chi connectivity index (χ3v) is 2.76. The second kappa shape index (κ2) is 6.17. The van der Waals surface area contributed by atoms with Crippen LogP contribution in [0.1, 0.15) is 37.9 Å². The van der Waals surface area contributed by atoms with E-state index in [2.05, 4.69) is 56.4 Å². The summed E-state index contributed by atoms with van der Waals surface area (Å²) < 4.78 is 1.91. The zero-order valence-corrected chi connectivity index (χ0v) is 12.0. The first kappa shape index (κ1) is 14.2.